The van der Waals surface area contributed by atoms with Crippen molar-refractivity contribution in [2.45, 2.75) is 51.7 Å². The molecule has 0 radical (unpaired) electrons. The van der Waals surface area contributed by atoms with Crippen LogP contribution in [0.3, 0.4) is 0 Å². The predicted octanol–water partition coefficient (Wildman–Crippen LogP) is 2.00. The number of aliphatic hydroxyl groups excluding tert-OH is 1. The summed E-state index contributed by atoms with van der Waals surface area (Å²) in [6.45, 7) is 6.99. The Morgan fingerprint density at radius 3 is 2.39 bits per heavy atom. The summed E-state index contributed by atoms with van der Waals surface area (Å²) in [6, 6.07) is 0. The molecule has 1 aliphatic rings. The first-order valence-electron chi connectivity index (χ1n) is 7.07. The maximum absolute atomic E-state index is 9.91. The molecule has 1 fully saturated rings. The van der Waals surface area contributed by atoms with Gasteiger partial charge in [-0.05, 0) is 19.3 Å². The molecule has 0 amide bonds. The normalized spacial score (nSPS) is 26.0. The van der Waals surface area contributed by atoms with E-state index < -0.39 is 0 Å². The second kappa shape index (κ2) is 8.10. The molecule has 4 nitrogen and oxygen atoms in total. The zero-order chi connectivity index (χ0) is 13.4. The molecule has 18 heavy (non-hydrogen) atoms. The van der Waals surface area contributed by atoms with E-state index in [0.717, 1.165) is 25.7 Å². The molecule has 0 aromatic heterocycles. The lowest BCUT2D eigenvalue weighted by Crippen LogP contribution is -2.57. The highest BCUT2D eigenvalue weighted by Crippen LogP contribution is 2.48. The molecule has 0 heterocycles. The van der Waals surface area contributed by atoms with Crippen molar-refractivity contribution in [1.82, 2.24) is 0 Å². The van der Waals surface area contributed by atoms with Crippen LogP contribution in [0.4, 0.5) is 0 Å². The Bertz CT molecular complexity index is 216. The van der Waals surface area contributed by atoms with Gasteiger partial charge in [-0.1, -0.05) is 13.8 Å². The molecule has 0 spiro atoms. The lowest BCUT2D eigenvalue weighted by molar-refractivity contribution is -0.197. The maximum atomic E-state index is 9.91. The largest absolute Gasteiger partial charge is 0.392 e. The summed E-state index contributed by atoms with van der Waals surface area (Å²) in [5.41, 5.74) is -0.00307. The van der Waals surface area contributed by atoms with Crippen LogP contribution in [-0.4, -0.2) is 50.9 Å². The topological polar surface area (TPSA) is 47.9 Å². The first-order valence-corrected chi connectivity index (χ1v) is 7.07. The zero-order valence-corrected chi connectivity index (χ0v) is 12.0. The summed E-state index contributed by atoms with van der Waals surface area (Å²) >= 11 is 0. The van der Waals surface area contributed by atoms with Crippen LogP contribution < -0.4 is 0 Å². The maximum Gasteiger partial charge on any atom is 0.0700 e. The van der Waals surface area contributed by atoms with Gasteiger partial charge < -0.3 is 19.3 Å². The minimum Gasteiger partial charge on any atom is -0.392 e. The third kappa shape index (κ3) is 3.67. The molecule has 0 aliphatic heterocycles. The Kier molecular flexibility index (Phi) is 7.15. The summed E-state index contributed by atoms with van der Waals surface area (Å²) in [7, 11) is 1.67. The summed E-state index contributed by atoms with van der Waals surface area (Å²) in [5.74, 6) is 0. The van der Waals surface area contributed by atoms with Gasteiger partial charge in [0, 0.05) is 32.2 Å². The summed E-state index contributed by atoms with van der Waals surface area (Å²) in [6.07, 6.45) is 3.70. The van der Waals surface area contributed by atoms with Gasteiger partial charge >= 0.3 is 0 Å². The van der Waals surface area contributed by atoms with Gasteiger partial charge in [0.25, 0.3) is 0 Å². The molecule has 0 saturated heterocycles. The van der Waals surface area contributed by atoms with E-state index >= 15 is 0 Å². The van der Waals surface area contributed by atoms with Crippen LogP contribution in [0.15, 0.2) is 0 Å². The molecule has 0 aromatic carbocycles. The van der Waals surface area contributed by atoms with Gasteiger partial charge in [-0.3, -0.25) is 0 Å². The van der Waals surface area contributed by atoms with Crippen molar-refractivity contribution in [3.63, 3.8) is 0 Å². The van der Waals surface area contributed by atoms with E-state index in [1.54, 1.807) is 7.11 Å². The van der Waals surface area contributed by atoms with Gasteiger partial charge in [-0.25, -0.2) is 0 Å². The number of hydrogen-bond acceptors (Lipinski definition) is 4. The Labute approximate surface area is 111 Å². The van der Waals surface area contributed by atoms with E-state index in [4.69, 9.17) is 14.2 Å². The van der Waals surface area contributed by atoms with Gasteiger partial charge in [0.1, 0.15) is 0 Å². The fourth-order valence-electron chi connectivity index (χ4n) is 2.77. The van der Waals surface area contributed by atoms with E-state index in [0.29, 0.717) is 26.4 Å². The van der Waals surface area contributed by atoms with Crippen molar-refractivity contribution in [1.29, 1.82) is 0 Å². The van der Waals surface area contributed by atoms with Crippen LogP contribution in [0.5, 0.6) is 0 Å². The third-order valence-corrected chi connectivity index (χ3v) is 4.24. The molecule has 2 unspecified atom stereocenters. The van der Waals surface area contributed by atoms with Crippen LogP contribution in [0.2, 0.25) is 0 Å². The highest BCUT2D eigenvalue weighted by molar-refractivity contribution is 5.02. The Hall–Kier alpha value is -0.160. The van der Waals surface area contributed by atoms with E-state index in [9.17, 15) is 5.11 Å². The van der Waals surface area contributed by atoms with Crippen molar-refractivity contribution in [2.75, 3.05) is 33.5 Å². The smallest absolute Gasteiger partial charge is 0.0700 e. The van der Waals surface area contributed by atoms with E-state index in [2.05, 4.69) is 13.8 Å². The Morgan fingerprint density at radius 2 is 1.83 bits per heavy atom. The standard InChI is InChI=1S/C14H28O4/c1-4-14(5-2)12(15)11-13(14)18-8-6-7-17-10-9-16-3/h12-13,15H,4-11H2,1-3H3. The minimum absolute atomic E-state index is 0.00307. The summed E-state index contributed by atoms with van der Waals surface area (Å²) in [5, 5.41) is 9.91. The molecule has 1 saturated carbocycles. The fraction of sp³-hybridized carbons (Fsp3) is 1.00. The van der Waals surface area contributed by atoms with Crippen LogP contribution in [0.25, 0.3) is 0 Å². The quantitative estimate of drug-likeness (QED) is 0.610. The zero-order valence-electron chi connectivity index (χ0n) is 12.0. The first-order chi connectivity index (χ1) is 8.71. The van der Waals surface area contributed by atoms with Gasteiger partial charge in [0.05, 0.1) is 25.4 Å². The lowest BCUT2D eigenvalue weighted by atomic mass is 9.60. The molecular weight excluding hydrogens is 232 g/mol. The SMILES string of the molecule is CCC1(CC)C(O)CC1OCCCOCCOC. The number of methoxy groups -OCH3 is 1. The highest BCUT2D eigenvalue weighted by atomic mass is 16.5. The molecule has 0 aromatic rings. The van der Waals surface area contributed by atoms with E-state index in [-0.39, 0.29) is 17.6 Å². The fourth-order valence-corrected chi connectivity index (χ4v) is 2.77. The van der Waals surface area contributed by atoms with Crippen LogP contribution in [0.1, 0.15) is 39.5 Å². The monoisotopic (exact) mass is 260 g/mol. The highest BCUT2D eigenvalue weighted by Gasteiger charge is 2.52. The van der Waals surface area contributed by atoms with Gasteiger partial charge in [-0.15, -0.1) is 0 Å². The van der Waals surface area contributed by atoms with Gasteiger partial charge in [0.15, 0.2) is 0 Å². The van der Waals surface area contributed by atoms with Crippen LogP contribution in [0, 0.1) is 5.41 Å². The Morgan fingerprint density at radius 1 is 1.11 bits per heavy atom. The van der Waals surface area contributed by atoms with Crippen molar-refractivity contribution in [3.8, 4) is 0 Å². The number of rotatable bonds is 10. The van der Waals surface area contributed by atoms with Gasteiger partial charge in [-0.2, -0.15) is 0 Å². The molecular formula is C14H28O4. The Balaban J connectivity index is 2.09. The predicted molar refractivity (Wildman–Crippen MR) is 70.7 cm³/mol. The average molecular weight is 260 g/mol. The van der Waals surface area contributed by atoms with Crippen LogP contribution >= 0.6 is 0 Å². The third-order valence-electron chi connectivity index (χ3n) is 4.24. The number of hydrogen-bond donors (Lipinski definition) is 1. The first kappa shape index (κ1) is 15.9. The number of ether oxygens (including phenoxy) is 3. The van der Waals surface area contributed by atoms with Crippen molar-refractivity contribution in [3.05, 3.63) is 0 Å². The molecule has 108 valence electrons. The van der Waals surface area contributed by atoms with Crippen LogP contribution in [-0.2, 0) is 14.2 Å². The summed E-state index contributed by atoms with van der Waals surface area (Å²) < 4.78 is 16.2. The number of aliphatic hydroxyl groups is 1. The molecule has 0 bridgehead atoms. The molecule has 1 N–H and O–H groups in total. The average Bonchev–Trinajstić information content (AvgIpc) is 2.38. The second-order valence-corrected chi connectivity index (χ2v) is 5.01. The van der Waals surface area contributed by atoms with E-state index in [1.165, 1.54) is 0 Å². The summed E-state index contributed by atoms with van der Waals surface area (Å²) in [4.78, 5) is 0. The molecule has 1 rings (SSSR count). The van der Waals surface area contributed by atoms with E-state index in [1.807, 2.05) is 0 Å². The van der Waals surface area contributed by atoms with Gasteiger partial charge in [0.2, 0.25) is 0 Å². The minimum atomic E-state index is -0.185. The lowest BCUT2D eigenvalue weighted by Gasteiger charge is -2.52. The van der Waals surface area contributed by atoms with Crippen molar-refractivity contribution >= 4 is 0 Å². The van der Waals surface area contributed by atoms with Crippen molar-refractivity contribution < 1.29 is 19.3 Å². The molecule has 4 heteroatoms. The van der Waals surface area contributed by atoms with Crippen molar-refractivity contribution in [2.24, 2.45) is 5.41 Å². The molecule has 2 atom stereocenters. The molecule has 1 aliphatic carbocycles. The second-order valence-electron chi connectivity index (χ2n) is 5.01.